The maximum absolute atomic E-state index is 11.7. The first-order valence-electron chi connectivity index (χ1n) is 4.72. The minimum Gasteiger partial charge on any atom is -0.457 e. The first-order valence-corrected chi connectivity index (χ1v) is 7.34. The van der Waals surface area contributed by atoms with Gasteiger partial charge in [-0.15, -0.1) is 0 Å². The zero-order valence-electron chi connectivity index (χ0n) is 8.27. The monoisotopic (exact) mass is 307 g/mol. The van der Waals surface area contributed by atoms with Gasteiger partial charge in [-0.2, -0.15) is 0 Å². The molecule has 16 heavy (non-hydrogen) atoms. The van der Waals surface area contributed by atoms with Gasteiger partial charge in [-0.05, 0) is 28.4 Å². The highest BCUT2D eigenvalue weighted by Gasteiger charge is 2.29. The van der Waals surface area contributed by atoms with E-state index < -0.39 is 9.84 Å². The molecule has 0 aromatic carbocycles. The lowest BCUT2D eigenvalue weighted by Gasteiger charge is -2.09. The molecule has 88 valence electrons. The van der Waals surface area contributed by atoms with Crippen molar-refractivity contribution in [3.05, 3.63) is 22.6 Å². The van der Waals surface area contributed by atoms with Crippen molar-refractivity contribution in [2.75, 3.05) is 11.5 Å². The summed E-state index contributed by atoms with van der Waals surface area (Å²) < 4.78 is 27.7. The van der Waals surface area contributed by atoms with Crippen molar-refractivity contribution >= 4 is 31.7 Å². The third-order valence-electron chi connectivity index (χ3n) is 2.43. The Bertz CT molecular complexity index is 507. The van der Waals surface area contributed by atoms with Gasteiger partial charge in [0.1, 0.15) is 0 Å². The van der Waals surface area contributed by atoms with Crippen LogP contribution in [0.3, 0.4) is 0 Å². The Balaban J connectivity index is 2.02. The van der Waals surface area contributed by atoms with Crippen molar-refractivity contribution < 1.29 is 17.6 Å². The van der Waals surface area contributed by atoms with E-state index in [0.29, 0.717) is 16.7 Å². The van der Waals surface area contributed by atoms with Gasteiger partial charge in [0.05, 0.1) is 23.3 Å². The van der Waals surface area contributed by atoms with E-state index in [1.165, 1.54) is 12.3 Å². The van der Waals surface area contributed by atoms with E-state index in [-0.39, 0.29) is 23.5 Å². The van der Waals surface area contributed by atoms with Gasteiger partial charge in [0, 0.05) is 6.04 Å². The van der Waals surface area contributed by atoms with Gasteiger partial charge in [-0.3, -0.25) is 4.79 Å². The van der Waals surface area contributed by atoms with Crippen LogP contribution in [0.4, 0.5) is 0 Å². The van der Waals surface area contributed by atoms with Crippen LogP contribution in [0.1, 0.15) is 16.8 Å². The zero-order valence-corrected chi connectivity index (χ0v) is 10.7. The average molecular weight is 308 g/mol. The number of hydrogen-bond donors (Lipinski definition) is 1. The Labute approximate surface area is 101 Å². The number of amides is 1. The topological polar surface area (TPSA) is 76.4 Å². The Morgan fingerprint density at radius 3 is 2.81 bits per heavy atom. The van der Waals surface area contributed by atoms with Crippen LogP contribution in [-0.4, -0.2) is 31.9 Å². The normalized spacial score (nSPS) is 23.2. The lowest BCUT2D eigenvalue weighted by Crippen LogP contribution is -2.35. The molecule has 1 aromatic rings. The van der Waals surface area contributed by atoms with Crippen LogP contribution in [0, 0.1) is 0 Å². The van der Waals surface area contributed by atoms with Crippen LogP contribution in [0.2, 0.25) is 0 Å². The van der Waals surface area contributed by atoms with Gasteiger partial charge in [-0.25, -0.2) is 8.42 Å². The van der Waals surface area contributed by atoms with Crippen molar-refractivity contribution in [3.8, 4) is 0 Å². The molecule has 1 saturated heterocycles. The number of halogens is 1. The highest BCUT2D eigenvalue weighted by atomic mass is 79.9. The molecule has 0 bridgehead atoms. The van der Waals surface area contributed by atoms with Crippen LogP contribution in [-0.2, 0) is 9.84 Å². The number of carbonyl (C=O) groups is 1. The fourth-order valence-electron chi connectivity index (χ4n) is 1.63. The SMILES string of the molecule is O=C(NC1CCS(=O)(=O)C1)c1ccoc1Br. The minimum absolute atomic E-state index is 0.0220. The molecule has 1 aliphatic rings. The molecule has 1 unspecified atom stereocenters. The fraction of sp³-hybridized carbons (Fsp3) is 0.444. The van der Waals surface area contributed by atoms with E-state index >= 15 is 0 Å². The molecule has 5 nitrogen and oxygen atoms in total. The van der Waals surface area contributed by atoms with Gasteiger partial charge in [-0.1, -0.05) is 0 Å². The van der Waals surface area contributed by atoms with Crippen molar-refractivity contribution in [2.45, 2.75) is 12.5 Å². The van der Waals surface area contributed by atoms with E-state index in [2.05, 4.69) is 21.2 Å². The number of nitrogens with one attached hydrogen (secondary N) is 1. The molecule has 2 rings (SSSR count). The molecule has 1 fully saturated rings. The van der Waals surface area contributed by atoms with Gasteiger partial charge in [0.15, 0.2) is 14.5 Å². The van der Waals surface area contributed by atoms with Crippen LogP contribution >= 0.6 is 15.9 Å². The largest absolute Gasteiger partial charge is 0.457 e. The van der Waals surface area contributed by atoms with Crippen molar-refractivity contribution in [2.24, 2.45) is 0 Å². The molecule has 1 aromatic heterocycles. The summed E-state index contributed by atoms with van der Waals surface area (Å²) in [5.74, 6) is -0.152. The van der Waals surface area contributed by atoms with E-state index in [9.17, 15) is 13.2 Å². The van der Waals surface area contributed by atoms with E-state index in [4.69, 9.17) is 4.42 Å². The Morgan fingerprint density at radius 2 is 2.31 bits per heavy atom. The molecule has 1 amide bonds. The molecular formula is C9H10BrNO4S. The first-order chi connectivity index (χ1) is 7.48. The standard InChI is InChI=1S/C9H10BrNO4S/c10-8-7(1-3-15-8)9(12)11-6-2-4-16(13,14)5-6/h1,3,6H,2,4-5H2,(H,11,12). The molecule has 2 heterocycles. The van der Waals surface area contributed by atoms with Gasteiger partial charge in [0.2, 0.25) is 0 Å². The highest BCUT2D eigenvalue weighted by Crippen LogP contribution is 2.18. The van der Waals surface area contributed by atoms with Crippen molar-refractivity contribution in [1.82, 2.24) is 5.32 Å². The molecule has 1 aliphatic heterocycles. The molecular weight excluding hydrogens is 298 g/mol. The second kappa shape index (κ2) is 4.21. The second-order valence-corrected chi connectivity index (χ2v) is 6.63. The summed E-state index contributed by atoms with van der Waals surface area (Å²) in [4.78, 5) is 11.7. The smallest absolute Gasteiger partial charge is 0.256 e. The third kappa shape index (κ3) is 2.46. The van der Waals surface area contributed by atoms with Crippen molar-refractivity contribution in [3.63, 3.8) is 0 Å². The molecule has 1 atom stereocenters. The number of rotatable bonds is 2. The van der Waals surface area contributed by atoms with Crippen LogP contribution < -0.4 is 5.32 Å². The quantitative estimate of drug-likeness (QED) is 0.883. The summed E-state index contributed by atoms with van der Waals surface area (Å²) in [5, 5.41) is 2.67. The molecule has 0 aliphatic carbocycles. The Morgan fingerprint density at radius 1 is 1.56 bits per heavy atom. The number of sulfone groups is 1. The minimum atomic E-state index is -2.97. The van der Waals surface area contributed by atoms with Gasteiger partial charge < -0.3 is 9.73 Å². The predicted octanol–water partition coefficient (Wildman–Crippen LogP) is 0.959. The second-order valence-electron chi connectivity index (χ2n) is 3.68. The molecule has 1 N–H and O–H groups in total. The Kier molecular flexibility index (Phi) is 3.07. The summed E-state index contributed by atoms with van der Waals surface area (Å²) in [7, 11) is -2.97. The number of furan rings is 1. The lowest BCUT2D eigenvalue weighted by molar-refractivity contribution is 0.0939. The summed E-state index contributed by atoms with van der Waals surface area (Å²) in [6, 6.07) is 1.24. The summed E-state index contributed by atoms with van der Waals surface area (Å²) >= 11 is 3.09. The maximum atomic E-state index is 11.7. The van der Waals surface area contributed by atoms with Crippen LogP contribution in [0.25, 0.3) is 0 Å². The maximum Gasteiger partial charge on any atom is 0.256 e. The van der Waals surface area contributed by atoms with Crippen molar-refractivity contribution in [1.29, 1.82) is 0 Å². The molecule has 0 spiro atoms. The molecule has 7 heteroatoms. The average Bonchev–Trinajstić information content (AvgIpc) is 2.72. The molecule has 0 saturated carbocycles. The predicted molar refractivity (Wildman–Crippen MR) is 60.9 cm³/mol. The summed E-state index contributed by atoms with van der Waals surface area (Å²) in [6.45, 7) is 0. The Hall–Kier alpha value is -0.820. The zero-order chi connectivity index (χ0) is 11.8. The summed E-state index contributed by atoms with van der Waals surface area (Å²) in [5.41, 5.74) is 0.379. The van der Waals surface area contributed by atoms with Crippen LogP contribution in [0.5, 0.6) is 0 Å². The number of carbonyl (C=O) groups excluding carboxylic acids is 1. The molecule has 0 radical (unpaired) electrons. The van der Waals surface area contributed by atoms with Gasteiger partial charge in [0.25, 0.3) is 5.91 Å². The van der Waals surface area contributed by atoms with E-state index in [0.717, 1.165) is 0 Å². The van der Waals surface area contributed by atoms with E-state index in [1.807, 2.05) is 0 Å². The fourth-order valence-corrected chi connectivity index (χ4v) is 3.72. The van der Waals surface area contributed by atoms with E-state index in [1.54, 1.807) is 0 Å². The number of hydrogen-bond acceptors (Lipinski definition) is 4. The van der Waals surface area contributed by atoms with Crippen LogP contribution in [0.15, 0.2) is 21.4 Å². The third-order valence-corrected chi connectivity index (χ3v) is 4.81. The highest BCUT2D eigenvalue weighted by molar-refractivity contribution is 9.10. The lowest BCUT2D eigenvalue weighted by atomic mass is 10.2. The summed E-state index contributed by atoms with van der Waals surface area (Å²) in [6.07, 6.45) is 1.87. The van der Waals surface area contributed by atoms with Gasteiger partial charge >= 0.3 is 0 Å². The first kappa shape index (κ1) is 11.7.